The SMILES string of the molecule is CC1CC(Nc2cccc(C(=O)N3CCN(C)CC3)c2)[C@@H](C)C1. The van der Waals surface area contributed by atoms with Gasteiger partial charge in [-0.05, 0) is 49.9 Å². The lowest BCUT2D eigenvalue weighted by Crippen LogP contribution is -2.47. The van der Waals surface area contributed by atoms with Gasteiger partial charge in [-0.25, -0.2) is 0 Å². The van der Waals surface area contributed by atoms with Crippen molar-refractivity contribution in [1.29, 1.82) is 0 Å². The number of carbonyl (C=O) groups excluding carboxylic acids is 1. The zero-order chi connectivity index (χ0) is 16.4. The first-order chi connectivity index (χ1) is 11.0. The largest absolute Gasteiger partial charge is 0.382 e. The number of benzene rings is 1. The predicted molar refractivity (Wildman–Crippen MR) is 94.8 cm³/mol. The Hall–Kier alpha value is -1.55. The Morgan fingerprint density at radius 3 is 2.52 bits per heavy atom. The molecule has 4 heteroatoms. The molecule has 1 aromatic rings. The van der Waals surface area contributed by atoms with Crippen LogP contribution in [0, 0.1) is 11.8 Å². The van der Waals surface area contributed by atoms with Gasteiger partial charge in [0.25, 0.3) is 5.91 Å². The van der Waals surface area contributed by atoms with Crippen molar-refractivity contribution in [2.45, 2.75) is 32.7 Å². The predicted octanol–water partition coefficient (Wildman–Crippen LogP) is 2.92. The molecule has 4 nitrogen and oxygen atoms in total. The monoisotopic (exact) mass is 315 g/mol. The van der Waals surface area contributed by atoms with Crippen molar-refractivity contribution >= 4 is 11.6 Å². The number of rotatable bonds is 3. The highest BCUT2D eigenvalue weighted by Crippen LogP contribution is 2.32. The fourth-order valence-electron chi connectivity index (χ4n) is 3.91. The molecule has 1 aromatic carbocycles. The molecule has 1 saturated heterocycles. The first-order valence-corrected chi connectivity index (χ1v) is 8.87. The van der Waals surface area contributed by atoms with Gasteiger partial charge in [0.05, 0.1) is 0 Å². The number of hydrogen-bond donors (Lipinski definition) is 1. The van der Waals surface area contributed by atoms with Crippen molar-refractivity contribution in [2.24, 2.45) is 11.8 Å². The summed E-state index contributed by atoms with van der Waals surface area (Å²) in [7, 11) is 2.11. The highest BCUT2D eigenvalue weighted by atomic mass is 16.2. The number of anilines is 1. The van der Waals surface area contributed by atoms with Gasteiger partial charge in [-0.1, -0.05) is 19.9 Å². The summed E-state index contributed by atoms with van der Waals surface area (Å²) in [5.74, 6) is 1.65. The van der Waals surface area contributed by atoms with Crippen LogP contribution in [0.1, 0.15) is 37.0 Å². The molecule has 0 aromatic heterocycles. The summed E-state index contributed by atoms with van der Waals surface area (Å²) in [6.45, 7) is 8.21. The molecular formula is C19H29N3O. The lowest BCUT2D eigenvalue weighted by Gasteiger charge is -2.32. The van der Waals surface area contributed by atoms with Gasteiger partial charge in [-0.15, -0.1) is 0 Å². The maximum atomic E-state index is 12.7. The van der Waals surface area contributed by atoms with Crippen LogP contribution in [-0.4, -0.2) is 55.0 Å². The fourth-order valence-corrected chi connectivity index (χ4v) is 3.91. The van der Waals surface area contributed by atoms with Crippen LogP contribution in [0.15, 0.2) is 24.3 Å². The summed E-state index contributed by atoms with van der Waals surface area (Å²) in [4.78, 5) is 16.9. The minimum absolute atomic E-state index is 0.162. The van der Waals surface area contributed by atoms with Crippen LogP contribution in [0.25, 0.3) is 0 Å². The lowest BCUT2D eigenvalue weighted by atomic mass is 10.1. The van der Waals surface area contributed by atoms with Crippen LogP contribution >= 0.6 is 0 Å². The van der Waals surface area contributed by atoms with E-state index in [0.29, 0.717) is 12.0 Å². The first kappa shape index (κ1) is 16.3. The third-order valence-corrected chi connectivity index (χ3v) is 5.37. The van der Waals surface area contributed by atoms with Gasteiger partial charge in [0, 0.05) is 43.5 Å². The van der Waals surface area contributed by atoms with E-state index < -0.39 is 0 Å². The smallest absolute Gasteiger partial charge is 0.254 e. The van der Waals surface area contributed by atoms with Gasteiger partial charge in [-0.3, -0.25) is 4.79 Å². The van der Waals surface area contributed by atoms with Crippen LogP contribution in [-0.2, 0) is 0 Å². The molecule has 23 heavy (non-hydrogen) atoms. The van der Waals surface area contributed by atoms with E-state index in [1.807, 2.05) is 23.1 Å². The van der Waals surface area contributed by atoms with Crippen molar-refractivity contribution in [3.05, 3.63) is 29.8 Å². The normalized spacial score (nSPS) is 28.8. The second-order valence-electron chi connectivity index (χ2n) is 7.48. The molecule has 126 valence electrons. The van der Waals surface area contributed by atoms with E-state index in [1.54, 1.807) is 0 Å². The number of piperazine rings is 1. The Balaban J connectivity index is 1.66. The fraction of sp³-hybridized carbons (Fsp3) is 0.632. The standard InChI is InChI=1S/C19H29N3O/c1-14-11-15(2)18(12-14)20-17-6-4-5-16(13-17)19(23)22-9-7-21(3)8-10-22/h4-6,13-15,18,20H,7-12H2,1-3H3/t14?,15-,18?/m0/s1. The summed E-state index contributed by atoms with van der Waals surface area (Å²) in [5.41, 5.74) is 1.88. The van der Waals surface area contributed by atoms with Gasteiger partial charge in [0.1, 0.15) is 0 Å². The molecule has 2 aliphatic rings. The van der Waals surface area contributed by atoms with Gasteiger partial charge < -0.3 is 15.1 Å². The molecule has 1 aliphatic carbocycles. The Bertz CT molecular complexity index is 551. The quantitative estimate of drug-likeness (QED) is 0.931. The molecule has 0 spiro atoms. The van der Waals surface area contributed by atoms with Gasteiger partial charge in [0.2, 0.25) is 0 Å². The molecule has 1 N–H and O–H groups in total. The maximum Gasteiger partial charge on any atom is 0.254 e. The Kier molecular flexibility index (Phi) is 4.90. The molecular weight excluding hydrogens is 286 g/mol. The number of carbonyl (C=O) groups is 1. The maximum absolute atomic E-state index is 12.7. The zero-order valence-electron chi connectivity index (χ0n) is 14.6. The summed E-state index contributed by atoms with van der Waals surface area (Å²) >= 11 is 0. The molecule has 3 atom stereocenters. The topological polar surface area (TPSA) is 35.6 Å². The van der Waals surface area contributed by atoms with Gasteiger partial charge >= 0.3 is 0 Å². The van der Waals surface area contributed by atoms with Crippen molar-refractivity contribution in [3.8, 4) is 0 Å². The number of likely N-dealkylation sites (N-methyl/N-ethyl adjacent to an activating group) is 1. The van der Waals surface area contributed by atoms with Crippen molar-refractivity contribution in [1.82, 2.24) is 9.80 Å². The Morgan fingerprint density at radius 2 is 1.87 bits per heavy atom. The van der Waals surface area contributed by atoms with E-state index in [2.05, 4.69) is 37.2 Å². The van der Waals surface area contributed by atoms with E-state index >= 15 is 0 Å². The van der Waals surface area contributed by atoms with Crippen molar-refractivity contribution in [2.75, 3.05) is 38.5 Å². The van der Waals surface area contributed by atoms with E-state index in [1.165, 1.54) is 12.8 Å². The second-order valence-corrected chi connectivity index (χ2v) is 7.48. The molecule has 1 heterocycles. The minimum atomic E-state index is 0.162. The van der Waals surface area contributed by atoms with Gasteiger partial charge in [-0.2, -0.15) is 0 Å². The highest BCUT2D eigenvalue weighted by molar-refractivity contribution is 5.95. The molecule has 0 radical (unpaired) electrons. The number of nitrogens with zero attached hydrogens (tertiary/aromatic N) is 2. The molecule has 1 saturated carbocycles. The molecule has 1 aliphatic heterocycles. The second kappa shape index (κ2) is 6.91. The third kappa shape index (κ3) is 3.86. The number of nitrogens with one attached hydrogen (secondary N) is 1. The van der Waals surface area contributed by atoms with Crippen molar-refractivity contribution < 1.29 is 4.79 Å². The molecule has 3 rings (SSSR count). The Morgan fingerprint density at radius 1 is 1.13 bits per heavy atom. The van der Waals surface area contributed by atoms with Crippen LogP contribution in [0.2, 0.25) is 0 Å². The van der Waals surface area contributed by atoms with E-state index in [0.717, 1.165) is 43.3 Å². The molecule has 1 amide bonds. The third-order valence-electron chi connectivity index (χ3n) is 5.37. The van der Waals surface area contributed by atoms with Crippen LogP contribution < -0.4 is 5.32 Å². The first-order valence-electron chi connectivity index (χ1n) is 8.87. The number of amides is 1. The number of hydrogen-bond acceptors (Lipinski definition) is 3. The summed E-state index contributed by atoms with van der Waals surface area (Å²) in [6, 6.07) is 8.56. The summed E-state index contributed by atoms with van der Waals surface area (Å²) < 4.78 is 0. The van der Waals surface area contributed by atoms with Gasteiger partial charge in [0.15, 0.2) is 0 Å². The van der Waals surface area contributed by atoms with Crippen LogP contribution in [0.3, 0.4) is 0 Å². The summed E-state index contributed by atoms with van der Waals surface area (Å²) in [5, 5.41) is 3.65. The van der Waals surface area contributed by atoms with E-state index in [4.69, 9.17) is 0 Å². The van der Waals surface area contributed by atoms with Crippen LogP contribution in [0.5, 0.6) is 0 Å². The van der Waals surface area contributed by atoms with Crippen molar-refractivity contribution in [3.63, 3.8) is 0 Å². The average Bonchev–Trinajstić information content (AvgIpc) is 2.85. The average molecular weight is 315 g/mol. The summed E-state index contributed by atoms with van der Waals surface area (Å²) in [6.07, 6.45) is 2.51. The highest BCUT2D eigenvalue weighted by Gasteiger charge is 2.28. The van der Waals surface area contributed by atoms with E-state index in [9.17, 15) is 4.79 Å². The lowest BCUT2D eigenvalue weighted by molar-refractivity contribution is 0.0664. The minimum Gasteiger partial charge on any atom is -0.382 e. The molecule has 2 fully saturated rings. The van der Waals surface area contributed by atoms with E-state index in [-0.39, 0.29) is 5.91 Å². The molecule has 2 unspecified atom stereocenters. The van der Waals surface area contributed by atoms with Crippen LogP contribution in [0.4, 0.5) is 5.69 Å². The zero-order valence-corrected chi connectivity index (χ0v) is 14.6. The Labute approximate surface area is 139 Å². The molecule has 0 bridgehead atoms.